The molecule has 1 saturated heterocycles. The maximum Gasteiger partial charge on any atom is 0.261 e. The highest BCUT2D eigenvalue weighted by Gasteiger charge is 2.35. The number of fused-ring (bicyclic) bond motifs is 5. The van der Waals surface area contributed by atoms with E-state index in [2.05, 4.69) is 14.4 Å². The minimum atomic E-state index is -3.56. The molecule has 4 aliphatic rings. The van der Waals surface area contributed by atoms with Gasteiger partial charge in [-0.2, -0.15) is 4.40 Å². The highest BCUT2D eigenvalue weighted by Crippen LogP contribution is 2.39. The van der Waals surface area contributed by atoms with E-state index >= 15 is 0 Å². The number of carbonyl (C=O) groups excluding carboxylic acids is 1. The van der Waals surface area contributed by atoms with Crippen molar-refractivity contribution >= 4 is 21.6 Å². The smallest absolute Gasteiger partial charge is 0.261 e. The summed E-state index contributed by atoms with van der Waals surface area (Å²) in [5.74, 6) is 0.526. The van der Waals surface area contributed by atoms with Crippen LogP contribution in [0.3, 0.4) is 0 Å². The minimum Gasteiger partial charge on any atom is -0.467 e. The average Bonchev–Trinajstić information content (AvgIpc) is 2.71. The van der Waals surface area contributed by atoms with Gasteiger partial charge in [-0.3, -0.25) is 4.79 Å². The highest BCUT2D eigenvalue weighted by atomic mass is 32.2. The largest absolute Gasteiger partial charge is 0.467 e. The van der Waals surface area contributed by atoms with Crippen LogP contribution in [0.25, 0.3) is 0 Å². The molecule has 1 aliphatic carbocycles. The monoisotopic (exact) mass is 436 g/mol. The number of nitrogens with zero attached hydrogens (tertiary/aromatic N) is 4. The molecule has 10 heteroatoms. The number of carbonyl (C=O) groups is 1. The first-order valence-electron chi connectivity index (χ1n) is 10.5. The van der Waals surface area contributed by atoms with Gasteiger partial charge in [-0.1, -0.05) is 0 Å². The van der Waals surface area contributed by atoms with Gasteiger partial charge in [0.2, 0.25) is 15.9 Å². The van der Waals surface area contributed by atoms with E-state index < -0.39 is 16.1 Å². The van der Waals surface area contributed by atoms with Crippen molar-refractivity contribution < 1.29 is 22.7 Å². The van der Waals surface area contributed by atoms with Gasteiger partial charge in [-0.25, -0.2) is 18.4 Å². The van der Waals surface area contributed by atoms with Gasteiger partial charge >= 0.3 is 0 Å². The van der Waals surface area contributed by atoms with Crippen LogP contribution in [0.15, 0.2) is 10.7 Å². The van der Waals surface area contributed by atoms with Crippen molar-refractivity contribution in [1.29, 1.82) is 0 Å². The zero-order valence-electron chi connectivity index (χ0n) is 17.4. The van der Waals surface area contributed by atoms with Gasteiger partial charge in [0, 0.05) is 17.8 Å². The Morgan fingerprint density at radius 3 is 2.70 bits per heavy atom. The van der Waals surface area contributed by atoms with Crippen LogP contribution < -0.4 is 4.74 Å². The normalized spacial score (nSPS) is 29.3. The fourth-order valence-corrected chi connectivity index (χ4v) is 5.38. The number of hydrogen-bond donors (Lipinski definition) is 0. The van der Waals surface area contributed by atoms with E-state index in [1.165, 1.54) is 6.33 Å². The van der Waals surface area contributed by atoms with Crippen LogP contribution in [0.5, 0.6) is 5.88 Å². The maximum atomic E-state index is 13.0. The molecule has 2 bridgehead atoms. The first-order chi connectivity index (χ1) is 14.3. The molecule has 3 aliphatic heterocycles. The van der Waals surface area contributed by atoms with Gasteiger partial charge in [-0.15, -0.1) is 0 Å². The molecule has 9 nitrogen and oxygen atoms in total. The summed E-state index contributed by atoms with van der Waals surface area (Å²) >= 11 is 0. The van der Waals surface area contributed by atoms with E-state index in [0.717, 1.165) is 43.2 Å². The third-order valence-electron chi connectivity index (χ3n) is 6.15. The second-order valence-electron chi connectivity index (χ2n) is 8.30. The molecule has 1 unspecified atom stereocenters. The van der Waals surface area contributed by atoms with Crippen molar-refractivity contribution in [2.24, 2.45) is 4.40 Å². The highest BCUT2D eigenvalue weighted by molar-refractivity contribution is 7.89. The molecule has 4 heterocycles. The lowest BCUT2D eigenvalue weighted by Gasteiger charge is -2.37. The molecule has 0 radical (unpaired) electrons. The van der Waals surface area contributed by atoms with Gasteiger partial charge in [0.15, 0.2) is 6.61 Å². The molecule has 1 saturated carbocycles. The SMILES string of the molecule is Cc1ncnc2c1C1CCC(CC1)OCC1/C(=N/S(C)(=O)=O)CCCN1C(=O)CO2. The topological polar surface area (TPSA) is 111 Å². The summed E-state index contributed by atoms with van der Waals surface area (Å²) in [7, 11) is -3.56. The third-order valence-corrected chi connectivity index (χ3v) is 6.71. The third kappa shape index (κ3) is 4.64. The first kappa shape index (κ1) is 21.2. The van der Waals surface area contributed by atoms with Crippen molar-refractivity contribution in [1.82, 2.24) is 14.9 Å². The van der Waals surface area contributed by atoms with Crippen molar-refractivity contribution in [3.8, 4) is 5.88 Å². The summed E-state index contributed by atoms with van der Waals surface area (Å²) < 4.78 is 39.6. The number of rotatable bonds is 1. The Bertz CT molecular complexity index is 941. The molecule has 1 atom stereocenters. The lowest BCUT2D eigenvalue weighted by Crippen LogP contribution is -2.53. The van der Waals surface area contributed by atoms with Gasteiger partial charge in [0.25, 0.3) is 5.91 Å². The molecule has 30 heavy (non-hydrogen) atoms. The van der Waals surface area contributed by atoms with E-state index in [-0.39, 0.29) is 31.1 Å². The molecule has 0 spiro atoms. The van der Waals surface area contributed by atoms with Gasteiger partial charge in [0.05, 0.1) is 30.7 Å². The van der Waals surface area contributed by atoms with Crippen LogP contribution in [0, 0.1) is 6.92 Å². The summed E-state index contributed by atoms with van der Waals surface area (Å²) in [6, 6.07) is -0.491. The Morgan fingerprint density at radius 2 is 1.97 bits per heavy atom. The predicted octanol–water partition coefficient (Wildman–Crippen LogP) is 1.61. The summed E-state index contributed by atoms with van der Waals surface area (Å²) in [4.78, 5) is 23.3. The Kier molecular flexibility index (Phi) is 6.06. The molecular weight excluding hydrogens is 408 g/mol. The Morgan fingerprint density at radius 1 is 1.20 bits per heavy atom. The van der Waals surface area contributed by atoms with Crippen molar-refractivity contribution in [2.75, 3.05) is 26.0 Å². The molecule has 1 aromatic heterocycles. The van der Waals surface area contributed by atoms with Gasteiger partial charge < -0.3 is 14.4 Å². The standard InChI is InChI=1S/C20H28N4O5S/c1-13-19-14-5-7-15(8-6-14)28-10-17-16(23-30(2,26)27)4-3-9-24(17)18(25)11-29-20(19)22-12-21-13/h12,14-15,17H,3-11H2,1-2H3/b23-16+. The average molecular weight is 437 g/mol. The van der Waals surface area contributed by atoms with Crippen molar-refractivity contribution in [3.63, 3.8) is 0 Å². The number of ether oxygens (including phenoxy) is 2. The fraction of sp³-hybridized carbons (Fsp3) is 0.700. The minimum absolute atomic E-state index is 0.0784. The van der Waals surface area contributed by atoms with Crippen LogP contribution in [0.4, 0.5) is 0 Å². The van der Waals surface area contributed by atoms with E-state index in [0.29, 0.717) is 31.0 Å². The summed E-state index contributed by atoms with van der Waals surface area (Å²) in [5, 5.41) is 0. The van der Waals surface area contributed by atoms with Crippen LogP contribution >= 0.6 is 0 Å². The Labute approximate surface area is 176 Å². The number of amides is 1. The zero-order valence-corrected chi connectivity index (χ0v) is 18.2. The second kappa shape index (κ2) is 8.58. The van der Waals surface area contributed by atoms with Crippen LogP contribution in [0.2, 0.25) is 0 Å². The number of hydrogen-bond acceptors (Lipinski definition) is 7. The lowest BCUT2D eigenvalue weighted by molar-refractivity contribution is -0.136. The summed E-state index contributed by atoms with van der Waals surface area (Å²) in [5.41, 5.74) is 2.35. The van der Waals surface area contributed by atoms with E-state index in [1.54, 1.807) is 4.90 Å². The van der Waals surface area contributed by atoms with Crippen LogP contribution in [0.1, 0.15) is 55.7 Å². The lowest BCUT2D eigenvalue weighted by atomic mass is 9.82. The molecule has 1 amide bonds. The molecular formula is C20H28N4O5S. The van der Waals surface area contributed by atoms with Gasteiger partial charge in [0.1, 0.15) is 6.33 Å². The molecule has 0 aromatic carbocycles. The number of sulfonamides is 1. The van der Waals surface area contributed by atoms with Crippen molar-refractivity contribution in [3.05, 3.63) is 17.6 Å². The molecule has 1 aromatic rings. The fourth-order valence-electron chi connectivity index (χ4n) is 4.74. The summed E-state index contributed by atoms with van der Waals surface area (Å²) in [6.45, 7) is 2.55. The second-order valence-corrected chi connectivity index (χ2v) is 9.94. The number of aromatic nitrogens is 2. The summed E-state index contributed by atoms with van der Waals surface area (Å²) in [6.07, 6.45) is 7.44. The quantitative estimate of drug-likeness (QED) is 0.657. The predicted molar refractivity (Wildman–Crippen MR) is 110 cm³/mol. The Balaban J connectivity index is 1.68. The van der Waals surface area contributed by atoms with Crippen LogP contribution in [-0.2, 0) is 19.6 Å². The molecule has 164 valence electrons. The first-order valence-corrected chi connectivity index (χ1v) is 12.3. The maximum absolute atomic E-state index is 13.0. The van der Waals surface area contributed by atoms with E-state index in [9.17, 15) is 13.2 Å². The molecule has 5 rings (SSSR count). The van der Waals surface area contributed by atoms with E-state index in [4.69, 9.17) is 9.47 Å². The van der Waals surface area contributed by atoms with E-state index in [1.807, 2.05) is 6.92 Å². The number of aryl methyl sites for hydroxylation is 1. The zero-order chi connectivity index (χ0) is 21.3. The molecule has 0 N–H and O–H groups in total. The van der Waals surface area contributed by atoms with Crippen molar-refractivity contribution in [2.45, 2.75) is 63.5 Å². The Hall–Kier alpha value is -2.07. The number of piperidine rings is 1. The van der Waals surface area contributed by atoms with Gasteiger partial charge in [-0.05, 0) is 51.4 Å². The molecule has 2 fully saturated rings. The van der Waals surface area contributed by atoms with Crippen LogP contribution in [-0.4, -0.2) is 73.1 Å².